The molecule has 1 rings (SSSR count). The lowest BCUT2D eigenvalue weighted by atomic mass is 10.4. The van der Waals surface area contributed by atoms with Crippen molar-refractivity contribution >= 4 is 18.0 Å². The molecule has 0 N–H and O–H groups in total. The fourth-order valence-corrected chi connectivity index (χ4v) is 1.00. The lowest BCUT2D eigenvalue weighted by Crippen LogP contribution is -2.32. The van der Waals surface area contributed by atoms with Crippen LogP contribution in [0.3, 0.4) is 0 Å². The third-order valence-electron chi connectivity index (χ3n) is 1.51. The van der Waals surface area contributed by atoms with Gasteiger partial charge in [-0.15, -0.1) is 0 Å². The summed E-state index contributed by atoms with van der Waals surface area (Å²) in [5.74, 6) is -0.745. The summed E-state index contributed by atoms with van der Waals surface area (Å²) in [5.41, 5.74) is 7.99. The Morgan fingerprint density at radius 2 is 2.45 bits per heavy atom. The molecule has 1 heterocycles. The van der Waals surface area contributed by atoms with Gasteiger partial charge in [-0.3, -0.25) is 14.5 Å². The van der Waals surface area contributed by atoms with E-state index >= 15 is 0 Å². The van der Waals surface area contributed by atoms with Gasteiger partial charge in [0.05, 0.1) is 0 Å². The largest absolute Gasteiger partial charge is 0.361 e. The second-order valence-corrected chi connectivity index (χ2v) is 2.23. The van der Waals surface area contributed by atoms with Crippen LogP contribution in [0.2, 0.25) is 0 Å². The van der Waals surface area contributed by atoms with Gasteiger partial charge < -0.3 is 5.53 Å². The molecule has 5 nitrogen and oxygen atoms in total. The molecule has 0 unspecified atom stereocenters. The molecule has 0 aromatic heterocycles. The van der Waals surface area contributed by atoms with Crippen molar-refractivity contribution in [2.24, 2.45) is 0 Å². The Kier molecular flexibility index (Phi) is 2.13. The molecule has 5 heteroatoms. The molecular formula is C6H7N3O2. The fourth-order valence-electron chi connectivity index (χ4n) is 1.00. The van der Waals surface area contributed by atoms with Crippen molar-refractivity contribution in [3.63, 3.8) is 0 Å². The molecule has 0 aliphatic carbocycles. The summed E-state index contributed by atoms with van der Waals surface area (Å²) in [5, 5.41) is 0. The van der Waals surface area contributed by atoms with E-state index < -0.39 is 5.91 Å². The van der Waals surface area contributed by atoms with Crippen LogP contribution in [-0.4, -0.2) is 34.3 Å². The Hall–Kier alpha value is -1.48. The number of likely N-dealkylation sites (tertiary alicyclic amines) is 1. The molecule has 0 saturated carbocycles. The number of hydrogen-bond donors (Lipinski definition) is 0. The second kappa shape index (κ2) is 3.07. The van der Waals surface area contributed by atoms with Gasteiger partial charge in [-0.2, -0.15) is 4.79 Å². The van der Waals surface area contributed by atoms with Gasteiger partial charge in [0.1, 0.15) is 0 Å². The van der Waals surface area contributed by atoms with Crippen LogP contribution in [0, 0.1) is 0 Å². The summed E-state index contributed by atoms with van der Waals surface area (Å²) in [6.07, 6.45) is 1.83. The SMILES string of the molecule is [N-]=[N+]=CC(=O)N1CCCC1=O. The van der Waals surface area contributed by atoms with Crippen molar-refractivity contribution < 1.29 is 14.4 Å². The van der Waals surface area contributed by atoms with Gasteiger partial charge in [0.15, 0.2) is 0 Å². The predicted octanol–water partition coefficient (Wildman–Crippen LogP) is -0.564. The van der Waals surface area contributed by atoms with Crippen LogP contribution in [0.15, 0.2) is 0 Å². The van der Waals surface area contributed by atoms with Crippen molar-refractivity contribution in [3.05, 3.63) is 5.53 Å². The van der Waals surface area contributed by atoms with E-state index in [-0.39, 0.29) is 5.91 Å². The van der Waals surface area contributed by atoms with Gasteiger partial charge in [-0.05, 0) is 6.42 Å². The summed E-state index contributed by atoms with van der Waals surface area (Å²) in [7, 11) is 0. The first-order chi connectivity index (χ1) is 5.25. The molecule has 0 bridgehead atoms. The van der Waals surface area contributed by atoms with Gasteiger partial charge in [-0.25, -0.2) is 0 Å². The Balaban J connectivity index is 2.67. The maximum absolute atomic E-state index is 10.9. The minimum atomic E-state index is -0.546. The number of rotatable bonds is 1. The first-order valence-corrected chi connectivity index (χ1v) is 3.27. The molecular weight excluding hydrogens is 146 g/mol. The van der Waals surface area contributed by atoms with Crippen LogP contribution in [0.4, 0.5) is 0 Å². The van der Waals surface area contributed by atoms with E-state index in [9.17, 15) is 9.59 Å². The van der Waals surface area contributed by atoms with Gasteiger partial charge in [0, 0.05) is 13.0 Å². The normalized spacial score (nSPS) is 16.4. The summed E-state index contributed by atoms with van der Waals surface area (Å²) < 4.78 is 0. The zero-order chi connectivity index (χ0) is 8.27. The van der Waals surface area contributed by atoms with Crippen LogP contribution in [0.5, 0.6) is 0 Å². The average Bonchev–Trinajstić information content (AvgIpc) is 2.36. The second-order valence-electron chi connectivity index (χ2n) is 2.23. The predicted molar refractivity (Wildman–Crippen MR) is 35.6 cm³/mol. The summed E-state index contributed by atoms with van der Waals surface area (Å²) in [4.78, 5) is 25.3. The topological polar surface area (TPSA) is 73.8 Å². The molecule has 1 saturated heterocycles. The van der Waals surface area contributed by atoms with E-state index in [0.717, 1.165) is 11.1 Å². The van der Waals surface area contributed by atoms with Gasteiger partial charge in [0.25, 0.3) is 0 Å². The minimum Gasteiger partial charge on any atom is -0.361 e. The van der Waals surface area contributed by atoms with Gasteiger partial charge in [-0.1, -0.05) is 0 Å². The lowest BCUT2D eigenvalue weighted by Gasteiger charge is -2.05. The molecule has 0 radical (unpaired) electrons. The molecule has 58 valence electrons. The molecule has 0 atom stereocenters. The third-order valence-corrected chi connectivity index (χ3v) is 1.51. The summed E-state index contributed by atoms with van der Waals surface area (Å²) in [6.45, 7) is 0.434. The maximum atomic E-state index is 10.9. The van der Waals surface area contributed by atoms with Crippen molar-refractivity contribution in [2.75, 3.05) is 6.54 Å². The van der Waals surface area contributed by atoms with Crippen LogP contribution >= 0.6 is 0 Å². The highest BCUT2D eigenvalue weighted by atomic mass is 16.2. The smallest absolute Gasteiger partial charge is 0.345 e. The van der Waals surface area contributed by atoms with Crippen LogP contribution < -0.4 is 0 Å². The fraction of sp³-hybridized carbons (Fsp3) is 0.500. The molecule has 1 aliphatic rings. The first-order valence-electron chi connectivity index (χ1n) is 3.27. The first kappa shape index (κ1) is 7.63. The van der Waals surface area contributed by atoms with E-state index in [0.29, 0.717) is 19.4 Å². The number of hydrogen-bond acceptors (Lipinski definition) is 2. The average molecular weight is 153 g/mol. The van der Waals surface area contributed by atoms with E-state index in [1.54, 1.807) is 0 Å². The molecule has 2 amide bonds. The molecule has 1 aliphatic heterocycles. The molecule has 11 heavy (non-hydrogen) atoms. The Bertz CT molecular complexity index is 242. The molecule has 0 spiro atoms. The van der Waals surface area contributed by atoms with Gasteiger partial charge in [0.2, 0.25) is 5.91 Å². The third kappa shape index (κ3) is 1.50. The highest BCUT2D eigenvalue weighted by Gasteiger charge is 2.26. The quantitative estimate of drug-likeness (QED) is 0.287. The van der Waals surface area contributed by atoms with E-state index in [1.807, 2.05) is 0 Å². The number of carbonyl (C=O) groups excluding carboxylic acids is 2. The van der Waals surface area contributed by atoms with Crippen molar-refractivity contribution in [2.45, 2.75) is 12.8 Å². The number of carbonyl (C=O) groups is 2. The zero-order valence-electron chi connectivity index (χ0n) is 5.86. The summed E-state index contributed by atoms with van der Waals surface area (Å²) in [6, 6.07) is 0. The van der Waals surface area contributed by atoms with E-state index in [2.05, 4.69) is 4.79 Å². The molecule has 0 aromatic carbocycles. The Labute approximate surface area is 63.2 Å². The van der Waals surface area contributed by atoms with E-state index in [1.165, 1.54) is 0 Å². The molecule has 0 aromatic rings. The minimum absolute atomic E-state index is 0.199. The van der Waals surface area contributed by atoms with Gasteiger partial charge >= 0.3 is 12.1 Å². The number of nitrogens with zero attached hydrogens (tertiary/aromatic N) is 3. The van der Waals surface area contributed by atoms with E-state index in [4.69, 9.17) is 5.53 Å². The Morgan fingerprint density at radius 1 is 1.73 bits per heavy atom. The maximum Gasteiger partial charge on any atom is 0.345 e. The Morgan fingerprint density at radius 3 is 2.91 bits per heavy atom. The van der Waals surface area contributed by atoms with Crippen molar-refractivity contribution in [1.29, 1.82) is 0 Å². The monoisotopic (exact) mass is 153 g/mol. The number of amides is 2. The number of imide groups is 1. The highest BCUT2D eigenvalue weighted by molar-refractivity contribution is 6.27. The highest BCUT2D eigenvalue weighted by Crippen LogP contribution is 2.08. The zero-order valence-corrected chi connectivity index (χ0v) is 5.86. The van der Waals surface area contributed by atoms with Crippen molar-refractivity contribution in [3.8, 4) is 0 Å². The summed E-state index contributed by atoms with van der Waals surface area (Å²) >= 11 is 0. The van der Waals surface area contributed by atoms with Crippen LogP contribution in [0.1, 0.15) is 12.8 Å². The van der Waals surface area contributed by atoms with Crippen molar-refractivity contribution in [1.82, 2.24) is 4.90 Å². The standard InChI is InChI=1S/C6H7N3O2/c7-8-4-6(11)9-3-1-2-5(9)10/h4H,1-3H2. The molecule has 1 fully saturated rings. The lowest BCUT2D eigenvalue weighted by molar-refractivity contribution is -0.139. The van der Waals surface area contributed by atoms with Crippen LogP contribution in [0.25, 0.3) is 5.53 Å². The van der Waals surface area contributed by atoms with Crippen LogP contribution in [-0.2, 0) is 9.59 Å².